The Labute approximate surface area is 251 Å². The van der Waals surface area contributed by atoms with Crippen molar-refractivity contribution in [1.82, 2.24) is 20.5 Å². The molecule has 0 bridgehead atoms. The van der Waals surface area contributed by atoms with Gasteiger partial charge in [-0.1, -0.05) is 6.08 Å². The molecule has 4 rings (SSSR count). The summed E-state index contributed by atoms with van der Waals surface area (Å²) in [5.41, 5.74) is 8.02. The number of carbonyl (C=O) groups is 1. The third kappa shape index (κ3) is 6.98. The fraction of sp³-hybridized carbons (Fsp3) is 0.529. The molecular formula is C34H49N5O3. The van der Waals surface area contributed by atoms with Gasteiger partial charge in [0, 0.05) is 66.5 Å². The van der Waals surface area contributed by atoms with Gasteiger partial charge in [-0.2, -0.15) is 0 Å². The van der Waals surface area contributed by atoms with Gasteiger partial charge in [0.2, 0.25) is 0 Å². The number of dihydropyridines is 1. The molecule has 1 aliphatic heterocycles. The van der Waals surface area contributed by atoms with Crippen molar-refractivity contribution in [2.24, 2.45) is 0 Å². The van der Waals surface area contributed by atoms with Gasteiger partial charge >= 0.3 is 0 Å². The molecule has 1 unspecified atom stereocenters. The number of ether oxygens (including phenoxy) is 1. The standard InChI is InChI=1S/C34H49N5O3/c1-9-39(28-13-11-27(12-14-28)38(6)7)32-18-25(29-15-10-26(20-42-8)37-24(29)5)17-30(23(32)4)33(40)35-19-31-21(2)16-22(3)36-34(31)41/h10,15-18,24,27-28,37H,9,11-14,19-20H2,1-8H3,(H,35,40)(H,36,41). The molecule has 1 aromatic heterocycles. The van der Waals surface area contributed by atoms with Crippen molar-refractivity contribution in [3.05, 3.63) is 79.9 Å². The van der Waals surface area contributed by atoms with Crippen molar-refractivity contribution in [3.8, 4) is 0 Å². The fourth-order valence-electron chi connectivity index (χ4n) is 6.61. The van der Waals surface area contributed by atoms with E-state index in [0.717, 1.165) is 58.7 Å². The molecule has 2 aromatic rings. The molecule has 42 heavy (non-hydrogen) atoms. The third-order valence-electron chi connectivity index (χ3n) is 9.00. The molecule has 0 spiro atoms. The van der Waals surface area contributed by atoms with Crippen LogP contribution < -0.4 is 21.1 Å². The number of allylic oxidation sites excluding steroid dienone is 2. The minimum absolute atomic E-state index is 0.0611. The number of methoxy groups -OCH3 is 1. The van der Waals surface area contributed by atoms with E-state index in [1.165, 1.54) is 12.8 Å². The quantitative estimate of drug-likeness (QED) is 0.376. The summed E-state index contributed by atoms with van der Waals surface area (Å²) in [5.74, 6) is -0.171. The van der Waals surface area contributed by atoms with Crippen LogP contribution in [-0.2, 0) is 11.3 Å². The van der Waals surface area contributed by atoms with Gasteiger partial charge in [-0.25, -0.2) is 0 Å². The highest BCUT2D eigenvalue weighted by Gasteiger charge is 2.29. The van der Waals surface area contributed by atoms with E-state index in [2.05, 4.69) is 78.5 Å². The summed E-state index contributed by atoms with van der Waals surface area (Å²) in [5, 5.41) is 6.60. The predicted octanol–water partition coefficient (Wildman–Crippen LogP) is 4.83. The van der Waals surface area contributed by atoms with E-state index in [-0.39, 0.29) is 24.1 Å². The first kappa shape index (κ1) is 31.6. The Hall–Kier alpha value is -3.36. The second-order valence-electron chi connectivity index (χ2n) is 12.1. The molecule has 1 aliphatic carbocycles. The van der Waals surface area contributed by atoms with Crippen molar-refractivity contribution in [2.45, 2.75) is 85.0 Å². The number of pyridine rings is 1. The van der Waals surface area contributed by atoms with Crippen molar-refractivity contribution in [1.29, 1.82) is 0 Å². The van der Waals surface area contributed by atoms with Crippen LogP contribution in [0.1, 0.15) is 77.8 Å². The van der Waals surface area contributed by atoms with Crippen LogP contribution in [0.5, 0.6) is 0 Å². The zero-order chi connectivity index (χ0) is 30.6. The van der Waals surface area contributed by atoms with Crippen LogP contribution in [0.25, 0.3) is 5.57 Å². The number of nitrogens with one attached hydrogen (secondary N) is 3. The molecule has 1 amide bonds. The van der Waals surface area contributed by atoms with Crippen LogP contribution in [0.4, 0.5) is 5.69 Å². The predicted molar refractivity (Wildman–Crippen MR) is 172 cm³/mol. The molecule has 3 N–H and O–H groups in total. The summed E-state index contributed by atoms with van der Waals surface area (Å²) in [6.45, 7) is 11.7. The molecule has 1 aromatic carbocycles. The minimum Gasteiger partial charge on any atom is -0.380 e. The molecule has 1 atom stereocenters. The second-order valence-corrected chi connectivity index (χ2v) is 12.1. The number of aromatic nitrogens is 1. The lowest BCUT2D eigenvalue weighted by atomic mass is 9.87. The van der Waals surface area contributed by atoms with Crippen LogP contribution in [0.3, 0.4) is 0 Å². The van der Waals surface area contributed by atoms with Crippen LogP contribution in [-0.4, -0.2) is 68.3 Å². The van der Waals surface area contributed by atoms with Crippen LogP contribution in [0, 0.1) is 20.8 Å². The Morgan fingerprint density at radius 1 is 1.05 bits per heavy atom. The summed E-state index contributed by atoms with van der Waals surface area (Å²) in [6, 6.07) is 7.32. The fourth-order valence-corrected chi connectivity index (χ4v) is 6.61. The van der Waals surface area contributed by atoms with E-state index in [1.807, 2.05) is 26.0 Å². The van der Waals surface area contributed by atoms with E-state index < -0.39 is 0 Å². The summed E-state index contributed by atoms with van der Waals surface area (Å²) < 4.78 is 5.33. The van der Waals surface area contributed by atoms with Gasteiger partial charge < -0.3 is 30.2 Å². The highest BCUT2D eigenvalue weighted by molar-refractivity contribution is 5.98. The lowest BCUT2D eigenvalue weighted by Gasteiger charge is -2.40. The van der Waals surface area contributed by atoms with Crippen LogP contribution in [0.2, 0.25) is 0 Å². The smallest absolute Gasteiger partial charge is 0.253 e. The summed E-state index contributed by atoms with van der Waals surface area (Å²) in [6.07, 6.45) is 8.79. The van der Waals surface area contributed by atoms with E-state index in [9.17, 15) is 9.59 Å². The van der Waals surface area contributed by atoms with Gasteiger partial charge in [0.15, 0.2) is 0 Å². The average molecular weight is 576 g/mol. The Morgan fingerprint density at radius 3 is 2.33 bits per heavy atom. The number of H-pyrrole nitrogens is 1. The SMILES string of the molecule is CCN(c1cc(C2=CC=C(COC)NC2C)cc(C(=O)NCc2c(C)cc(C)[nH]c2=O)c1C)C1CCC(N(C)C)CC1. The average Bonchev–Trinajstić information content (AvgIpc) is 2.94. The Balaban J connectivity index is 1.72. The molecule has 228 valence electrons. The number of hydrogen-bond acceptors (Lipinski definition) is 6. The number of anilines is 1. The number of benzene rings is 1. The van der Waals surface area contributed by atoms with Gasteiger partial charge in [0.05, 0.1) is 6.61 Å². The summed E-state index contributed by atoms with van der Waals surface area (Å²) >= 11 is 0. The van der Waals surface area contributed by atoms with Crippen molar-refractivity contribution >= 4 is 17.2 Å². The van der Waals surface area contributed by atoms with Crippen molar-refractivity contribution in [2.75, 3.05) is 39.3 Å². The van der Waals surface area contributed by atoms with E-state index in [1.54, 1.807) is 7.11 Å². The lowest BCUT2D eigenvalue weighted by molar-refractivity contribution is 0.0950. The van der Waals surface area contributed by atoms with Crippen molar-refractivity contribution in [3.63, 3.8) is 0 Å². The number of amides is 1. The monoisotopic (exact) mass is 575 g/mol. The van der Waals surface area contributed by atoms with Gasteiger partial charge in [-0.15, -0.1) is 0 Å². The molecule has 2 heterocycles. The van der Waals surface area contributed by atoms with E-state index in [0.29, 0.717) is 29.8 Å². The Bertz CT molecular complexity index is 1400. The molecule has 1 saturated carbocycles. The van der Waals surface area contributed by atoms with Gasteiger partial charge in [-0.05, 0) is 121 Å². The molecule has 0 radical (unpaired) electrons. The lowest BCUT2D eigenvalue weighted by Crippen LogP contribution is -2.42. The maximum atomic E-state index is 13.8. The minimum atomic E-state index is -0.171. The Kier molecular flexibility index (Phi) is 10.3. The normalized spacial score (nSPS) is 20.5. The second kappa shape index (κ2) is 13.7. The van der Waals surface area contributed by atoms with Crippen LogP contribution >= 0.6 is 0 Å². The molecule has 2 aliphatic rings. The van der Waals surface area contributed by atoms with Gasteiger partial charge in [0.25, 0.3) is 11.5 Å². The maximum Gasteiger partial charge on any atom is 0.253 e. The topological polar surface area (TPSA) is 89.7 Å². The molecule has 1 fully saturated rings. The molecule has 8 heteroatoms. The first-order valence-corrected chi connectivity index (χ1v) is 15.3. The number of carbonyl (C=O) groups excluding carboxylic acids is 1. The van der Waals surface area contributed by atoms with E-state index >= 15 is 0 Å². The summed E-state index contributed by atoms with van der Waals surface area (Å²) in [4.78, 5) is 34.2. The largest absolute Gasteiger partial charge is 0.380 e. The van der Waals surface area contributed by atoms with Gasteiger partial charge in [-0.3, -0.25) is 9.59 Å². The Morgan fingerprint density at radius 2 is 1.74 bits per heavy atom. The highest BCUT2D eigenvalue weighted by atomic mass is 16.5. The number of rotatable bonds is 10. The molecule has 0 saturated heterocycles. The van der Waals surface area contributed by atoms with Crippen molar-refractivity contribution < 1.29 is 9.53 Å². The van der Waals surface area contributed by atoms with Gasteiger partial charge in [0.1, 0.15) is 0 Å². The number of aryl methyl sites for hydroxylation is 2. The number of aromatic amines is 1. The zero-order valence-electron chi connectivity index (χ0n) is 26.7. The van der Waals surface area contributed by atoms with E-state index in [4.69, 9.17) is 4.74 Å². The highest BCUT2D eigenvalue weighted by Crippen LogP contribution is 2.35. The zero-order valence-corrected chi connectivity index (χ0v) is 26.7. The maximum absolute atomic E-state index is 13.8. The summed E-state index contributed by atoms with van der Waals surface area (Å²) in [7, 11) is 6.04. The first-order chi connectivity index (χ1) is 20.0. The number of nitrogens with zero attached hydrogens (tertiary/aromatic N) is 2. The van der Waals surface area contributed by atoms with Crippen LogP contribution in [0.15, 0.2) is 40.8 Å². The first-order valence-electron chi connectivity index (χ1n) is 15.3. The molecule has 8 nitrogen and oxygen atoms in total. The number of hydrogen-bond donors (Lipinski definition) is 3. The third-order valence-corrected chi connectivity index (χ3v) is 9.00. The molecular weight excluding hydrogens is 526 g/mol.